The second-order valence-electron chi connectivity index (χ2n) is 5.69. The van der Waals surface area contributed by atoms with Crippen LogP contribution in [0.2, 0.25) is 0 Å². The number of nitrogens with zero attached hydrogens (tertiary/aromatic N) is 1. The van der Waals surface area contributed by atoms with E-state index in [0.717, 1.165) is 28.8 Å². The van der Waals surface area contributed by atoms with Crippen LogP contribution in [0.1, 0.15) is 47.8 Å². The van der Waals surface area contributed by atoms with Crippen LogP contribution in [-0.2, 0) is 0 Å². The van der Waals surface area contributed by atoms with Crippen LogP contribution in [0.3, 0.4) is 0 Å². The number of carboxylic acids is 1. The molecule has 0 saturated carbocycles. The first kappa shape index (κ1) is 16.0. The third-order valence-electron chi connectivity index (χ3n) is 4.04. The van der Waals surface area contributed by atoms with Gasteiger partial charge in [-0.25, -0.2) is 4.79 Å². The van der Waals surface area contributed by atoms with Crippen LogP contribution < -0.4 is 5.56 Å². The number of carbonyl (C=O) groups is 1. The fourth-order valence-electron chi connectivity index (χ4n) is 2.66. The number of hydrogen-bond donors (Lipinski definition) is 1. The van der Waals surface area contributed by atoms with Crippen molar-refractivity contribution in [3.8, 4) is 11.3 Å². The van der Waals surface area contributed by atoms with E-state index in [4.69, 9.17) is 0 Å². The van der Waals surface area contributed by atoms with E-state index in [9.17, 15) is 14.7 Å². The fraction of sp³-hybridized carbons (Fsp3) is 0.333. The Morgan fingerprint density at radius 2 is 1.91 bits per heavy atom. The summed E-state index contributed by atoms with van der Waals surface area (Å²) >= 11 is 0. The predicted octanol–water partition coefficient (Wildman–Crippen LogP) is 3.80. The number of aromatic carboxylic acids is 1. The molecule has 0 bridgehead atoms. The molecule has 0 fully saturated rings. The summed E-state index contributed by atoms with van der Waals surface area (Å²) in [6.07, 6.45) is 0.751. The lowest BCUT2D eigenvalue weighted by atomic mass is 10.0. The zero-order chi connectivity index (χ0) is 16.4. The standard InChI is InChI=1S/C18H21NO3/c1-5-13(4)19-16(9-8-15(17(19)20)18(21)22)14-7-6-11(2)10-12(14)3/h6-10,13H,5H2,1-4H3,(H,21,22). The summed E-state index contributed by atoms with van der Waals surface area (Å²) in [5.74, 6) is -1.19. The molecule has 1 atom stereocenters. The third-order valence-corrected chi connectivity index (χ3v) is 4.04. The molecule has 0 spiro atoms. The molecule has 0 aliphatic carbocycles. The lowest BCUT2D eigenvalue weighted by Gasteiger charge is -2.20. The number of aryl methyl sites for hydroxylation is 2. The van der Waals surface area contributed by atoms with Gasteiger partial charge in [0.2, 0.25) is 0 Å². The van der Waals surface area contributed by atoms with E-state index in [1.807, 2.05) is 39.8 Å². The van der Waals surface area contributed by atoms with Crippen LogP contribution in [-0.4, -0.2) is 15.6 Å². The molecule has 1 heterocycles. The minimum atomic E-state index is -1.19. The fourth-order valence-corrected chi connectivity index (χ4v) is 2.66. The molecule has 2 rings (SSSR count). The summed E-state index contributed by atoms with van der Waals surface area (Å²) in [4.78, 5) is 23.8. The Balaban J connectivity index is 2.78. The first-order valence-corrected chi connectivity index (χ1v) is 7.43. The molecule has 22 heavy (non-hydrogen) atoms. The number of pyridine rings is 1. The number of benzene rings is 1. The number of carboxylic acid groups (broad SMARTS) is 1. The second kappa shape index (κ2) is 6.18. The molecule has 4 heteroatoms. The molecule has 0 aliphatic heterocycles. The molecule has 1 N–H and O–H groups in total. The van der Waals surface area contributed by atoms with Crippen molar-refractivity contribution in [2.45, 2.75) is 40.2 Å². The van der Waals surface area contributed by atoms with Crippen LogP contribution in [0, 0.1) is 13.8 Å². The average molecular weight is 299 g/mol. The highest BCUT2D eigenvalue weighted by Gasteiger charge is 2.18. The van der Waals surface area contributed by atoms with Crippen molar-refractivity contribution in [3.63, 3.8) is 0 Å². The van der Waals surface area contributed by atoms with Crippen molar-refractivity contribution in [1.82, 2.24) is 4.57 Å². The summed E-state index contributed by atoms with van der Waals surface area (Å²) in [6, 6.07) is 9.11. The Morgan fingerprint density at radius 3 is 2.45 bits per heavy atom. The van der Waals surface area contributed by atoms with Crippen LogP contribution >= 0.6 is 0 Å². The van der Waals surface area contributed by atoms with Crippen LogP contribution in [0.4, 0.5) is 0 Å². The van der Waals surface area contributed by atoms with Gasteiger partial charge in [-0.3, -0.25) is 4.79 Å². The van der Waals surface area contributed by atoms with Gasteiger partial charge in [-0.15, -0.1) is 0 Å². The highest BCUT2D eigenvalue weighted by Crippen LogP contribution is 2.26. The number of aromatic nitrogens is 1. The number of hydrogen-bond acceptors (Lipinski definition) is 2. The van der Waals surface area contributed by atoms with Gasteiger partial charge in [0, 0.05) is 11.6 Å². The van der Waals surface area contributed by atoms with Gasteiger partial charge in [0.05, 0.1) is 5.69 Å². The highest BCUT2D eigenvalue weighted by atomic mass is 16.4. The lowest BCUT2D eigenvalue weighted by Crippen LogP contribution is -2.29. The average Bonchev–Trinajstić information content (AvgIpc) is 2.46. The van der Waals surface area contributed by atoms with E-state index in [2.05, 4.69) is 6.07 Å². The summed E-state index contributed by atoms with van der Waals surface area (Å²) in [5, 5.41) is 9.18. The normalized spacial score (nSPS) is 12.2. The van der Waals surface area contributed by atoms with E-state index in [0.29, 0.717) is 0 Å². The van der Waals surface area contributed by atoms with Crippen molar-refractivity contribution in [2.75, 3.05) is 0 Å². The quantitative estimate of drug-likeness (QED) is 0.934. The van der Waals surface area contributed by atoms with Crippen molar-refractivity contribution in [1.29, 1.82) is 0 Å². The minimum Gasteiger partial charge on any atom is -0.477 e. The van der Waals surface area contributed by atoms with Crippen molar-refractivity contribution in [3.05, 3.63) is 57.4 Å². The maximum atomic E-state index is 12.6. The van der Waals surface area contributed by atoms with E-state index in [-0.39, 0.29) is 11.6 Å². The summed E-state index contributed by atoms with van der Waals surface area (Å²) in [7, 11) is 0. The summed E-state index contributed by atoms with van der Waals surface area (Å²) < 4.78 is 1.60. The van der Waals surface area contributed by atoms with Crippen LogP contribution in [0.5, 0.6) is 0 Å². The predicted molar refractivity (Wildman–Crippen MR) is 87.6 cm³/mol. The van der Waals surface area contributed by atoms with Crippen molar-refractivity contribution >= 4 is 5.97 Å². The SMILES string of the molecule is CCC(C)n1c(-c2ccc(C)cc2C)ccc(C(=O)O)c1=O. The molecule has 0 amide bonds. The van der Waals surface area contributed by atoms with E-state index in [1.165, 1.54) is 6.07 Å². The largest absolute Gasteiger partial charge is 0.477 e. The van der Waals surface area contributed by atoms with E-state index >= 15 is 0 Å². The minimum absolute atomic E-state index is 0.0671. The summed E-state index contributed by atoms with van der Waals surface area (Å²) in [6.45, 7) is 7.93. The van der Waals surface area contributed by atoms with Gasteiger partial charge in [0.1, 0.15) is 5.56 Å². The zero-order valence-electron chi connectivity index (χ0n) is 13.4. The Bertz CT molecular complexity index is 774. The van der Waals surface area contributed by atoms with E-state index < -0.39 is 11.5 Å². The van der Waals surface area contributed by atoms with Gasteiger partial charge in [0.25, 0.3) is 5.56 Å². The Labute approximate surface area is 130 Å². The third kappa shape index (κ3) is 2.82. The maximum absolute atomic E-state index is 12.6. The first-order chi connectivity index (χ1) is 10.4. The highest BCUT2D eigenvalue weighted by molar-refractivity contribution is 5.87. The molecule has 1 aromatic heterocycles. The molecular formula is C18H21NO3. The molecule has 1 aromatic carbocycles. The molecule has 0 saturated heterocycles. The van der Waals surface area contributed by atoms with Crippen molar-refractivity contribution < 1.29 is 9.90 Å². The van der Waals surface area contributed by atoms with Gasteiger partial charge < -0.3 is 9.67 Å². The van der Waals surface area contributed by atoms with Crippen LogP contribution in [0.25, 0.3) is 11.3 Å². The summed E-state index contributed by atoms with van der Waals surface area (Å²) in [5.41, 5.74) is 3.32. The zero-order valence-corrected chi connectivity index (χ0v) is 13.4. The Kier molecular flexibility index (Phi) is 4.50. The van der Waals surface area contributed by atoms with Crippen LogP contribution in [0.15, 0.2) is 35.1 Å². The number of rotatable bonds is 4. The molecule has 4 nitrogen and oxygen atoms in total. The molecule has 2 aromatic rings. The van der Waals surface area contributed by atoms with Gasteiger partial charge in [-0.1, -0.05) is 30.7 Å². The smallest absolute Gasteiger partial charge is 0.341 e. The van der Waals surface area contributed by atoms with Gasteiger partial charge in [-0.05, 0) is 44.9 Å². The molecule has 0 radical (unpaired) electrons. The van der Waals surface area contributed by atoms with Gasteiger partial charge >= 0.3 is 5.97 Å². The lowest BCUT2D eigenvalue weighted by molar-refractivity contribution is 0.0694. The molecule has 116 valence electrons. The Morgan fingerprint density at radius 1 is 1.23 bits per heavy atom. The molecule has 0 aliphatic rings. The van der Waals surface area contributed by atoms with Crippen molar-refractivity contribution in [2.24, 2.45) is 0 Å². The molecule has 1 unspecified atom stereocenters. The Hall–Kier alpha value is -2.36. The van der Waals surface area contributed by atoms with Gasteiger partial charge in [-0.2, -0.15) is 0 Å². The molecular weight excluding hydrogens is 278 g/mol. The second-order valence-corrected chi connectivity index (χ2v) is 5.69. The van der Waals surface area contributed by atoms with E-state index in [1.54, 1.807) is 10.6 Å². The van der Waals surface area contributed by atoms with Gasteiger partial charge in [0.15, 0.2) is 0 Å². The topological polar surface area (TPSA) is 59.3 Å². The maximum Gasteiger partial charge on any atom is 0.341 e. The monoisotopic (exact) mass is 299 g/mol. The first-order valence-electron chi connectivity index (χ1n) is 7.43.